The highest BCUT2D eigenvalue weighted by atomic mass is 32.2. The second kappa shape index (κ2) is 6.82. The van der Waals surface area contributed by atoms with Crippen molar-refractivity contribution < 1.29 is 12.8 Å². The molecule has 0 aliphatic heterocycles. The van der Waals surface area contributed by atoms with E-state index in [0.29, 0.717) is 6.42 Å². The van der Waals surface area contributed by atoms with Crippen molar-refractivity contribution in [2.24, 2.45) is 0 Å². The van der Waals surface area contributed by atoms with Gasteiger partial charge in [0.1, 0.15) is 0 Å². The first-order valence-corrected chi connectivity index (χ1v) is 9.62. The van der Waals surface area contributed by atoms with E-state index in [1.54, 1.807) is 0 Å². The fourth-order valence-corrected chi connectivity index (χ4v) is 4.55. The van der Waals surface area contributed by atoms with Gasteiger partial charge >= 0.3 is 0 Å². The van der Waals surface area contributed by atoms with E-state index in [-0.39, 0.29) is 20.6 Å². The molecule has 0 spiro atoms. The summed E-state index contributed by atoms with van der Waals surface area (Å²) in [5, 5.41) is 3.77. The molecular formula is C13H18FN3O3S2. The number of nitrogens with zero attached hydrogens (tertiary/aromatic N) is 3. The van der Waals surface area contributed by atoms with Crippen LogP contribution in [-0.4, -0.2) is 28.8 Å². The summed E-state index contributed by atoms with van der Waals surface area (Å²) in [6, 6.07) is 0. The van der Waals surface area contributed by atoms with E-state index >= 15 is 0 Å². The van der Waals surface area contributed by atoms with Crippen LogP contribution in [0.2, 0.25) is 0 Å². The molecule has 0 fully saturated rings. The molecule has 2 aromatic rings. The normalized spacial score (nSPS) is 12.1. The Bertz CT molecular complexity index is 827. The molecule has 122 valence electrons. The van der Waals surface area contributed by atoms with Crippen molar-refractivity contribution in [2.45, 2.75) is 50.3 Å². The monoisotopic (exact) mass is 347 g/mol. The van der Waals surface area contributed by atoms with Crippen LogP contribution in [-0.2, 0) is 9.84 Å². The maximum Gasteiger partial charge on any atom is 0.279 e. The Morgan fingerprint density at radius 3 is 2.59 bits per heavy atom. The van der Waals surface area contributed by atoms with Gasteiger partial charge in [-0.2, -0.15) is 13.9 Å². The lowest BCUT2D eigenvalue weighted by molar-refractivity contribution is 0.523. The molecule has 0 amide bonds. The third-order valence-corrected chi connectivity index (χ3v) is 6.49. The van der Waals surface area contributed by atoms with Gasteiger partial charge in [-0.05, 0) is 13.3 Å². The molecular weight excluding hydrogens is 329 g/mol. The van der Waals surface area contributed by atoms with Gasteiger partial charge in [-0.3, -0.25) is 4.79 Å². The van der Waals surface area contributed by atoms with Gasteiger partial charge in [0, 0.05) is 0 Å². The zero-order valence-electron chi connectivity index (χ0n) is 12.5. The van der Waals surface area contributed by atoms with Gasteiger partial charge in [0.05, 0.1) is 11.3 Å². The molecule has 2 heterocycles. The number of rotatable bonds is 7. The Labute approximate surface area is 131 Å². The fourth-order valence-electron chi connectivity index (χ4n) is 1.99. The van der Waals surface area contributed by atoms with Gasteiger partial charge in [-0.25, -0.2) is 8.42 Å². The average Bonchev–Trinajstić information content (AvgIpc) is 2.89. The van der Waals surface area contributed by atoms with Crippen LogP contribution in [0.3, 0.4) is 0 Å². The van der Waals surface area contributed by atoms with Crippen LogP contribution in [0.5, 0.6) is 0 Å². The van der Waals surface area contributed by atoms with Crippen LogP contribution in [0.25, 0.3) is 4.96 Å². The van der Waals surface area contributed by atoms with Gasteiger partial charge < -0.3 is 0 Å². The highest BCUT2D eigenvalue weighted by Gasteiger charge is 2.22. The van der Waals surface area contributed by atoms with E-state index < -0.39 is 21.3 Å². The molecule has 0 saturated carbocycles. The average molecular weight is 347 g/mol. The molecule has 9 heteroatoms. The zero-order chi connectivity index (χ0) is 16.3. The van der Waals surface area contributed by atoms with E-state index in [9.17, 15) is 17.6 Å². The van der Waals surface area contributed by atoms with Crippen LogP contribution in [0.4, 0.5) is 4.39 Å². The number of halogens is 1. The summed E-state index contributed by atoms with van der Waals surface area (Å²) in [7, 11) is -3.57. The minimum atomic E-state index is -3.57. The summed E-state index contributed by atoms with van der Waals surface area (Å²) >= 11 is 0.722. The van der Waals surface area contributed by atoms with Crippen molar-refractivity contribution in [1.29, 1.82) is 0 Å². The van der Waals surface area contributed by atoms with Crippen LogP contribution in [0, 0.1) is 12.9 Å². The molecule has 22 heavy (non-hydrogen) atoms. The van der Waals surface area contributed by atoms with Gasteiger partial charge in [-0.1, -0.05) is 43.9 Å². The third-order valence-electron chi connectivity index (χ3n) is 3.34. The molecule has 0 bridgehead atoms. The Balaban J connectivity index is 2.23. The highest BCUT2D eigenvalue weighted by molar-refractivity contribution is 7.93. The quantitative estimate of drug-likeness (QED) is 0.567. The number of fused-ring (bicyclic) bond motifs is 1. The Hall–Kier alpha value is -1.35. The number of hydrogen-bond acceptors (Lipinski definition) is 6. The molecule has 0 radical (unpaired) electrons. The predicted molar refractivity (Wildman–Crippen MR) is 82.6 cm³/mol. The number of unbranched alkanes of at least 4 members (excludes halogenated alkanes) is 4. The summed E-state index contributed by atoms with van der Waals surface area (Å²) in [5.41, 5.74) is -0.879. The molecule has 0 unspecified atom stereocenters. The summed E-state index contributed by atoms with van der Waals surface area (Å²) in [6.45, 7) is 3.38. The smallest absolute Gasteiger partial charge is 0.267 e. The van der Waals surface area contributed by atoms with E-state index in [2.05, 4.69) is 17.0 Å². The van der Waals surface area contributed by atoms with E-state index in [1.165, 1.54) is 6.92 Å². The van der Waals surface area contributed by atoms with Crippen LogP contribution in [0.15, 0.2) is 9.13 Å². The van der Waals surface area contributed by atoms with Gasteiger partial charge in [-0.15, -0.1) is 5.10 Å². The van der Waals surface area contributed by atoms with Crippen molar-refractivity contribution >= 4 is 26.1 Å². The maximum atomic E-state index is 13.9. The third kappa shape index (κ3) is 3.52. The Morgan fingerprint density at radius 2 is 1.91 bits per heavy atom. The number of aromatic nitrogens is 3. The zero-order valence-corrected chi connectivity index (χ0v) is 14.1. The number of sulfone groups is 1. The van der Waals surface area contributed by atoms with Gasteiger partial charge in [0.25, 0.3) is 5.56 Å². The molecule has 0 saturated heterocycles. The number of hydrogen-bond donors (Lipinski definition) is 0. The van der Waals surface area contributed by atoms with Crippen molar-refractivity contribution in [3.8, 4) is 0 Å². The lowest BCUT2D eigenvalue weighted by Gasteiger charge is -2.00. The van der Waals surface area contributed by atoms with Crippen molar-refractivity contribution in [3.05, 3.63) is 21.9 Å². The summed E-state index contributed by atoms with van der Waals surface area (Å²) < 4.78 is 39.0. The molecule has 6 nitrogen and oxygen atoms in total. The Kier molecular flexibility index (Phi) is 5.28. The second-order valence-corrected chi connectivity index (χ2v) is 8.37. The standard InChI is InChI=1S/C13H18FN3O3S2/c1-3-4-5-6-7-8-22(19,20)13-16-17-10(14)9(2)11(18)15-12(17)21-13/h3-8H2,1-2H3. The van der Waals surface area contributed by atoms with Crippen LogP contribution in [0.1, 0.15) is 44.6 Å². The van der Waals surface area contributed by atoms with Crippen LogP contribution >= 0.6 is 11.3 Å². The summed E-state index contributed by atoms with van der Waals surface area (Å²) in [4.78, 5) is 15.1. The lowest BCUT2D eigenvalue weighted by atomic mass is 10.2. The molecule has 2 aromatic heterocycles. The van der Waals surface area contributed by atoms with E-state index in [4.69, 9.17) is 0 Å². The van der Waals surface area contributed by atoms with E-state index in [0.717, 1.165) is 41.5 Å². The molecule has 0 atom stereocenters. The lowest BCUT2D eigenvalue weighted by Crippen LogP contribution is -2.16. The van der Waals surface area contributed by atoms with Gasteiger partial charge in [0.2, 0.25) is 25.1 Å². The van der Waals surface area contributed by atoms with Crippen molar-refractivity contribution in [1.82, 2.24) is 14.6 Å². The molecule has 0 N–H and O–H groups in total. The summed E-state index contributed by atoms with van der Waals surface area (Å²) in [5.74, 6) is -0.891. The fraction of sp³-hybridized carbons (Fsp3) is 0.615. The maximum absolute atomic E-state index is 13.9. The summed E-state index contributed by atoms with van der Waals surface area (Å²) in [6.07, 6.45) is 4.54. The van der Waals surface area contributed by atoms with Crippen molar-refractivity contribution in [2.75, 3.05) is 5.75 Å². The van der Waals surface area contributed by atoms with Gasteiger partial charge in [0.15, 0.2) is 0 Å². The van der Waals surface area contributed by atoms with Crippen LogP contribution < -0.4 is 5.56 Å². The first-order valence-electron chi connectivity index (χ1n) is 7.15. The largest absolute Gasteiger partial charge is 0.279 e. The van der Waals surface area contributed by atoms with E-state index in [1.807, 2.05) is 0 Å². The minimum Gasteiger partial charge on any atom is -0.267 e. The molecule has 0 aliphatic rings. The second-order valence-electron chi connectivity index (χ2n) is 5.13. The topological polar surface area (TPSA) is 81.4 Å². The predicted octanol–water partition coefficient (Wildman–Crippen LogP) is 2.34. The Morgan fingerprint density at radius 1 is 1.23 bits per heavy atom. The first kappa shape index (κ1) is 17.0. The highest BCUT2D eigenvalue weighted by Crippen LogP contribution is 2.21. The SMILES string of the molecule is CCCCCCCS(=O)(=O)c1nn2c(F)c(C)c(=O)nc2s1. The molecule has 2 rings (SSSR count). The minimum absolute atomic E-state index is 0.0259. The molecule has 0 aliphatic carbocycles. The molecule has 0 aromatic carbocycles. The first-order chi connectivity index (χ1) is 10.4. The van der Waals surface area contributed by atoms with Crippen molar-refractivity contribution in [3.63, 3.8) is 0 Å².